The minimum absolute atomic E-state index is 0.0921. The number of aromatic amines is 1. The van der Waals surface area contributed by atoms with Gasteiger partial charge in [0.25, 0.3) is 0 Å². The van der Waals surface area contributed by atoms with E-state index in [9.17, 15) is 14.7 Å². The molecule has 0 aliphatic carbocycles. The van der Waals surface area contributed by atoms with Crippen LogP contribution in [-0.2, 0) is 14.3 Å². The van der Waals surface area contributed by atoms with E-state index in [1.165, 1.54) is 12.3 Å². The number of hydrogen-bond donors (Lipinski definition) is 3. The Morgan fingerprint density at radius 2 is 2.04 bits per heavy atom. The Labute approximate surface area is 146 Å². The molecule has 3 aromatic rings. The molecule has 0 amide bonds. The number of hydrogen-bond acceptors (Lipinski definition) is 6. The number of ether oxygens (including phenoxy) is 1. The number of H-pyrrole nitrogens is 1. The van der Waals surface area contributed by atoms with Gasteiger partial charge in [0.05, 0.1) is 0 Å². The smallest absolute Gasteiger partial charge is 0.345 e. The van der Waals surface area contributed by atoms with Crippen molar-refractivity contribution < 1.29 is 19.4 Å². The summed E-state index contributed by atoms with van der Waals surface area (Å²) in [4.78, 5) is 35.2. The molecule has 1 aliphatic heterocycles. The fourth-order valence-electron chi connectivity index (χ4n) is 2.60. The Bertz CT molecular complexity index is 1080. The molecule has 0 bridgehead atoms. The molecule has 8 heteroatoms. The highest BCUT2D eigenvalue weighted by Gasteiger charge is 2.36. The van der Waals surface area contributed by atoms with Gasteiger partial charge in [-0.15, -0.1) is 0 Å². The van der Waals surface area contributed by atoms with Crippen molar-refractivity contribution in [3.05, 3.63) is 71.7 Å². The van der Waals surface area contributed by atoms with Crippen LogP contribution in [0.3, 0.4) is 0 Å². The van der Waals surface area contributed by atoms with Crippen LogP contribution in [0, 0.1) is 0 Å². The Hall–Kier alpha value is -3.94. The molecular weight excluding hydrogens is 336 g/mol. The number of aromatic nitrogens is 3. The van der Waals surface area contributed by atoms with Crippen molar-refractivity contribution in [1.82, 2.24) is 15.0 Å². The molecule has 0 fully saturated rings. The molecule has 3 aromatic heterocycles. The van der Waals surface area contributed by atoms with E-state index in [1.807, 2.05) is 6.07 Å². The maximum Gasteiger partial charge on any atom is 0.345 e. The molecule has 3 N–H and O–H groups in total. The fourth-order valence-corrected chi connectivity index (χ4v) is 2.60. The van der Waals surface area contributed by atoms with Gasteiger partial charge in [0.1, 0.15) is 11.5 Å². The summed E-state index contributed by atoms with van der Waals surface area (Å²) in [5.74, 6) is -1.98. The first kappa shape index (κ1) is 15.6. The van der Waals surface area contributed by atoms with Crippen LogP contribution in [0.2, 0.25) is 0 Å². The molecule has 0 spiro atoms. The quantitative estimate of drug-likeness (QED) is 0.489. The molecule has 128 valence electrons. The summed E-state index contributed by atoms with van der Waals surface area (Å²) in [6.07, 6.45) is 6.34. The molecule has 8 nitrogen and oxygen atoms in total. The molecule has 1 aliphatic rings. The van der Waals surface area contributed by atoms with Gasteiger partial charge in [0.15, 0.2) is 11.3 Å². The SMILES string of the molecule is O=C(O)C1=C(Nc2ccccn2)O/C(=C\c2c[nH]c3ncccc23)C1=O. The van der Waals surface area contributed by atoms with Gasteiger partial charge >= 0.3 is 5.97 Å². The van der Waals surface area contributed by atoms with Crippen molar-refractivity contribution in [1.29, 1.82) is 0 Å². The maximum absolute atomic E-state index is 12.5. The minimum Gasteiger partial charge on any atom is -0.477 e. The van der Waals surface area contributed by atoms with E-state index in [4.69, 9.17) is 4.74 Å². The zero-order chi connectivity index (χ0) is 18.1. The average molecular weight is 348 g/mol. The number of carboxylic acids is 1. The van der Waals surface area contributed by atoms with Gasteiger partial charge in [-0.1, -0.05) is 6.07 Å². The predicted octanol–water partition coefficient (Wildman–Crippen LogP) is 2.31. The van der Waals surface area contributed by atoms with Gasteiger partial charge in [0.2, 0.25) is 11.7 Å². The second kappa shape index (κ2) is 6.17. The summed E-state index contributed by atoms with van der Waals surface area (Å²) in [7, 11) is 0. The maximum atomic E-state index is 12.5. The lowest BCUT2D eigenvalue weighted by Gasteiger charge is -2.06. The topological polar surface area (TPSA) is 117 Å². The van der Waals surface area contributed by atoms with Crippen LogP contribution in [0.4, 0.5) is 5.82 Å². The number of Topliss-reactive ketones (excluding diaryl/α,β-unsaturated/α-hetero) is 1. The summed E-state index contributed by atoms with van der Waals surface area (Å²) in [6.45, 7) is 0. The van der Waals surface area contributed by atoms with E-state index in [0.29, 0.717) is 17.0 Å². The third-order valence-corrected chi connectivity index (χ3v) is 3.78. The first-order valence-corrected chi connectivity index (χ1v) is 7.65. The van der Waals surface area contributed by atoms with E-state index in [-0.39, 0.29) is 11.6 Å². The van der Waals surface area contributed by atoms with Gasteiger partial charge in [-0.25, -0.2) is 14.8 Å². The zero-order valence-corrected chi connectivity index (χ0v) is 13.3. The van der Waals surface area contributed by atoms with Crippen molar-refractivity contribution in [2.24, 2.45) is 0 Å². The molecule has 0 aromatic carbocycles. The monoisotopic (exact) mass is 348 g/mol. The van der Waals surface area contributed by atoms with Gasteiger partial charge in [-0.2, -0.15) is 0 Å². The van der Waals surface area contributed by atoms with Crippen LogP contribution in [0.25, 0.3) is 17.1 Å². The largest absolute Gasteiger partial charge is 0.477 e. The van der Waals surface area contributed by atoms with Crippen molar-refractivity contribution in [2.45, 2.75) is 0 Å². The predicted molar refractivity (Wildman–Crippen MR) is 92.7 cm³/mol. The number of nitrogens with zero attached hydrogens (tertiary/aromatic N) is 2. The van der Waals surface area contributed by atoms with Gasteiger partial charge in [-0.05, 0) is 30.3 Å². The Balaban J connectivity index is 1.70. The second-order valence-corrected chi connectivity index (χ2v) is 5.43. The minimum atomic E-state index is -1.38. The van der Waals surface area contributed by atoms with Crippen LogP contribution in [0.15, 0.2) is 66.1 Å². The van der Waals surface area contributed by atoms with Gasteiger partial charge in [0, 0.05) is 29.5 Å². The lowest BCUT2D eigenvalue weighted by Crippen LogP contribution is -2.12. The lowest BCUT2D eigenvalue weighted by molar-refractivity contribution is -0.134. The lowest BCUT2D eigenvalue weighted by atomic mass is 10.1. The number of pyridine rings is 2. The van der Waals surface area contributed by atoms with Gasteiger partial charge < -0.3 is 20.1 Å². The number of carbonyl (C=O) groups excluding carboxylic acids is 1. The highest BCUT2D eigenvalue weighted by Crippen LogP contribution is 2.29. The second-order valence-electron chi connectivity index (χ2n) is 5.43. The highest BCUT2D eigenvalue weighted by molar-refractivity contribution is 6.26. The highest BCUT2D eigenvalue weighted by atomic mass is 16.5. The molecule has 26 heavy (non-hydrogen) atoms. The van der Waals surface area contributed by atoms with Crippen LogP contribution < -0.4 is 5.32 Å². The zero-order valence-electron chi connectivity index (χ0n) is 13.3. The van der Waals surface area contributed by atoms with E-state index in [0.717, 1.165) is 5.39 Å². The number of rotatable bonds is 4. The number of nitrogens with one attached hydrogen (secondary N) is 2. The average Bonchev–Trinajstić information content (AvgIpc) is 3.18. The van der Waals surface area contributed by atoms with Crippen LogP contribution >= 0.6 is 0 Å². The van der Waals surface area contributed by atoms with E-state index in [2.05, 4.69) is 20.3 Å². The summed E-state index contributed by atoms with van der Waals surface area (Å²) < 4.78 is 5.50. The number of fused-ring (bicyclic) bond motifs is 1. The fraction of sp³-hybridized carbons (Fsp3) is 0. The Morgan fingerprint density at radius 3 is 2.81 bits per heavy atom. The number of ketones is 1. The first-order chi connectivity index (χ1) is 12.6. The van der Waals surface area contributed by atoms with Crippen molar-refractivity contribution in [3.63, 3.8) is 0 Å². The summed E-state index contributed by atoms with van der Waals surface area (Å²) in [5, 5.41) is 12.9. The van der Waals surface area contributed by atoms with Crippen LogP contribution in [0.5, 0.6) is 0 Å². The molecule has 4 rings (SSSR count). The number of carboxylic acid groups (broad SMARTS) is 1. The van der Waals surface area contributed by atoms with Crippen molar-refractivity contribution in [2.75, 3.05) is 5.32 Å². The molecule has 0 atom stereocenters. The molecule has 0 unspecified atom stereocenters. The summed E-state index contributed by atoms with van der Waals surface area (Å²) in [6, 6.07) is 8.68. The number of anilines is 1. The molecule has 0 saturated carbocycles. The third-order valence-electron chi connectivity index (χ3n) is 3.78. The summed E-state index contributed by atoms with van der Waals surface area (Å²) >= 11 is 0. The van der Waals surface area contributed by atoms with Crippen molar-refractivity contribution in [3.8, 4) is 0 Å². The normalized spacial score (nSPS) is 15.5. The standard InChI is InChI=1S/C18H12N4O4/c23-15-12(8-10-9-21-16-11(10)4-3-7-20-16)26-17(14(15)18(24)25)22-13-5-1-2-6-19-13/h1-9H,(H,19,22)(H,20,21)(H,24,25)/b12-8-. The Morgan fingerprint density at radius 1 is 1.19 bits per heavy atom. The molecule has 0 saturated heterocycles. The summed E-state index contributed by atoms with van der Waals surface area (Å²) in [5.41, 5.74) is 0.850. The molecular formula is C18H12N4O4. The third kappa shape index (κ3) is 2.69. The van der Waals surface area contributed by atoms with E-state index in [1.54, 1.807) is 36.7 Å². The van der Waals surface area contributed by atoms with E-state index >= 15 is 0 Å². The number of carbonyl (C=O) groups is 2. The van der Waals surface area contributed by atoms with Crippen LogP contribution in [-0.4, -0.2) is 31.8 Å². The molecule has 0 radical (unpaired) electrons. The van der Waals surface area contributed by atoms with Crippen LogP contribution in [0.1, 0.15) is 5.56 Å². The first-order valence-electron chi connectivity index (χ1n) is 7.65. The Kier molecular flexibility index (Phi) is 3.70. The number of aliphatic carboxylic acids is 1. The van der Waals surface area contributed by atoms with Gasteiger partial charge in [-0.3, -0.25) is 4.79 Å². The molecule has 4 heterocycles. The number of allylic oxidation sites excluding steroid dienone is 1. The van der Waals surface area contributed by atoms with Crippen molar-refractivity contribution >= 4 is 34.7 Å². The van der Waals surface area contributed by atoms with E-state index < -0.39 is 17.3 Å².